The molecule has 1 fully saturated rings. The molecule has 18 heavy (non-hydrogen) atoms. The van der Waals surface area contributed by atoms with Gasteiger partial charge in [-0.1, -0.05) is 11.6 Å². The molecule has 1 atom stereocenters. The number of nitrogens with one attached hydrogen (secondary N) is 1. The van der Waals surface area contributed by atoms with Crippen LogP contribution in [0.5, 0.6) is 0 Å². The largest absolute Gasteiger partial charge is 0.366 e. The highest BCUT2D eigenvalue weighted by atomic mass is 35.5. The van der Waals surface area contributed by atoms with Crippen LogP contribution in [0.25, 0.3) is 0 Å². The lowest BCUT2D eigenvalue weighted by Crippen LogP contribution is -2.48. The Morgan fingerprint density at radius 3 is 2.83 bits per heavy atom. The molecule has 5 heteroatoms. The van der Waals surface area contributed by atoms with Crippen LogP contribution in [0.4, 0.5) is 5.69 Å². The minimum Gasteiger partial charge on any atom is -0.366 e. The third-order valence-corrected chi connectivity index (χ3v) is 3.22. The topological polar surface area (TPSA) is 41.6 Å². The summed E-state index contributed by atoms with van der Waals surface area (Å²) in [6.07, 6.45) is 0.348. The Balaban J connectivity index is 2.08. The Labute approximate surface area is 112 Å². The summed E-state index contributed by atoms with van der Waals surface area (Å²) in [7, 11) is 1.87. The van der Waals surface area contributed by atoms with E-state index in [1.54, 1.807) is 17.0 Å². The minimum absolute atomic E-state index is 0.0267. The molecular formula is C13H17ClN2O2. The lowest BCUT2D eigenvalue weighted by atomic mass is 10.1. The zero-order valence-electron chi connectivity index (χ0n) is 10.4. The van der Waals surface area contributed by atoms with Crippen LogP contribution in [0.1, 0.15) is 6.42 Å². The van der Waals surface area contributed by atoms with E-state index < -0.39 is 0 Å². The number of ether oxygens (including phenoxy) is 1. The first-order valence-electron chi connectivity index (χ1n) is 6.05. The average molecular weight is 269 g/mol. The van der Waals surface area contributed by atoms with E-state index in [2.05, 4.69) is 5.32 Å². The van der Waals surface area contributed by atoms with Crippen LogP contribution in [0, 0.1) is 0 Å². The maximum atomic E-state index is 12.3. The molecule has 1 saturated heterocycles. The number of amides is 1. The normalized spacial score (nSPS) is 20.2. The van der Waals surface area contributed by atoms with Gasteiger partial charge in [0.15, 0.2) is 0 Å². The van der Waals surface area contributed by atoms with E-state index in [1.807, 2.05) is 19.2 Å². The summed E-state index contributed by atoms with van der Waals surface area (Å²) in [6, 6.07) is 7.31. The first kappa shape index (κ1) is 13.3. The van der Waals surface area contributed by atoms with Gasteiger partial charge in [0.25, 0.3) is 5.91 Å². The molecule has 98 valence electrons. The molecule has 1 unspecified atom stereocenters. The molecule has 1 amide bonds. The molecule has 1 aromatic rings. The van der Waals surface area contributed by atoms with Crippen LogP contribution >= 0.6 is 11.6 Å². The van der Waals surface area contributed by atoms with Gasteiger partial charge in [0, 0.05) is 17.3 Å². The van der Waals surface area contributed by atoms with Gasteiger partial charge in [-0.3, -0.25) is 4.79 Å². The number of halogens is 1. The van der Waals surface area contributed by atoms with Crippen LogP contribution in [0.2, 0.25) is 5.02 Å². The maximum Gasteiger partial charge on any atom is 0.256 e. The van der Waals surface area contributed by atoms with Gasteiger partial charge in [0.2, 0.25) is 0 Å². The molecule has 1 aliphatic heterocycles. The van der Waals surface area contributed by atoms with Crippen molar-refractivity contribution in [1.82, 2.24) is 5.32 Å². The number of anilines is 1. The molecule has 1 aliphatic rings. The fourth-order valence-electron chi connectivity index (χ4n) is 2.00. The summed E-state index contributed by atoms with van der Waals surface area (Å²) in [5.74, 6) is 0.0267. The molecule has 4 nitrogen and oxygen atoms in total. The molecule has 1 heterocycles. The van der Waals surface area contributed by atoms with Crippen molar-refractivity contribution in [1.29, 1.82) is 0 Å². The van der Waals surface area contributed by atoms with E-state index >= 15 is 0 Å². The number of nitrogens with zero attached hydrogens (tertiary/aromatic N) is 1. The molecule has 1 N–H and O–H groups in total. The van der Waals surface area contributed by atoms with Crippen LogP contribution in [0.15, 0.2) is 24.3 Å². The number of hydrogen-bond acceptors (Lipinski definition) is 3. The molecule has 0 saturated carbocycles. The monoisotopic (exact) mass is 268 g/mol. The zero-order chi connectivity index (χ0) is 13.0. The minimum atomic E-state index is -0.345. The highest BCUT2D eigenvalue weighted by molar-refractivity contribution is 6.30. The molecule has 0 aliphatic carbocycles. The van der Waals surface area contributed by atoms with E-state index in [1.165, 1.54) is 0 Å². The van der Waals surface area contributed by atoms with Crippen molar-refractivity contribution < 1.29 is 9.53 Å². The Morgan fingerprint density at radius 1 is 1.44 bits per heavy atom. The van der Waals surface area contributed by atoms with Crippen molar-refractivity contribution in [2.75, 3.05) is 31.6 Å². The predicted molar refractivity (Wildman–Crippen MR) is 72.1 cm³/mol. The standard InChI is InChI=1S/C13H17ClN2O2/c1-15-7-6-12-13(17)16(8-9-18-12)11-4-2-10(14)3-5-11/h2-5,12,15H,6-9H2,1H3. The van der Waals surface area contributed by atoms with Crippen molar-refractivity contribution in [3.8, 4) is 0 Å². The summed E-state index contributed by atoms with van der Waals surface area (Å²) < 4.78 is 5.51. The van der Waals surface area contributed by atoms with E-state index in [0.717, 1.165) is 12.2 Å². The second-order valence-corrected chi connectivity index (χ2v) is 4.65. The third kappa shape index (κ3) is 3.02. The Hall–Kier alpha value is -1.10. The Kier molecular flexibility index (Phi) is 4.58. The lowest BCUT2D eigenvalue weighted by Gasteiger charge is -2.32. The van der Waals surface area contributed by atoms with Crippen LogP contribution in [-0.2, 0) is 9.53 Å². The van der Waals surface area contributed by atoms with Crippen LogP contribution < -0.4 is 10.2 Å². The van der Waals surface area contributed by atoms with Crippen molar-refractivity contribution in [2.24, 2.45) is 0 Å². The maximum absolute atomic E-state index is 12.3. The van der Waals surface area contributed by atoms with Gasteiger partial charge in [0.1, 0.15) is 6.10 Å². The van der Waals surface area contributed by atoms with Gasteiger partial charge >= 0.3 is 0 Å². The Bertz CT molecular complexity index is 408. The van der Waals surface area contributed by atoms with Gasteiger partial charge < -0.3 is 15.0 Å². The van der Waals surface area contributed by atoms with Crippen molar-refractivity contribution in [2.45, 2.75) is 12.5 Å². The summed E-state index contributed by atoms with van der Waals surface area (Å²) in [4.78, 5) is 14.0. The van der Waals surface area contributed by atoms with E-state index in [0.29, 0.717) is 24.6 Å². The van der Waals surface area contributed by atoms with E-state index in [9.17, 15) is 4.79 Å². The molecule has 0 radical (unpaired) electrons. The smallest absolute Gasteiger partial charge is 0.256 e. The number of rotatable bonds is 4. The van der Waals surface area contributed by atoms with E-state index in [-0.39, 0.29) is 12.0 Å². The Morgan fingerprint density at radius 2 is 2.17 bits per heavy atom. The molecule has 0 bridgehead atoms. The van der Waals surface area contributed by atoms with Crippen molar-refractivity contribution >= 4 is 23.2 Å². The summed E-state index contributed by atoms with van der Waals surface area (Å²) >= 11 is 5.85. The molecular weight excluding hydrogens is 252 g/mol. The summed E-state index contributed by atoms with van der Waals surface area (Å²) in [5, 5.41) is 3.70. The number of hydrogen-bond donors (Lipinski definition) is 1. The molecule has 0 spiro atoms. The predicted octanol–water partition coefficient (Wildman–Crippen LogP) is 1.68. The van der Waals surface area contributed by atoms with Gasteiger partial charge in [0.05, 0.1) is 6.61 Å². The van der Waals surface area contributed by atoms with Gasteiger partial charge in [-0.25, -0.2) is 0 Å². The van der Waals surface area contributed by atoms with Crippen molar-refractivity contribution in [3.05, 3.63) is 29.3 Å². The van der Waals surface area contributed by atoms with Crippen LogP contribution in [0.3, 0.4) is 0 Å². The SMILES string of the molecule is CNCCC1OCCN(c2ccc(Cl)cc2)C1=O. The lowest BCUT2D eigenvalue weighted by molar-refractivity contribution is -0.134. The van der Waals surface area contributed by atoms with Crippen LogP contribution in [-0.4, -0.2) is 38.8 Å². The molecule has 2 rings (SSSR count). The van der Waals surface area contributed by atoms with E-state index in [4.69, 9.17) is 16.3 Å². The fourth-order valence-corrected chi connectivity index (χ4v) is 2.13. The fraction of sp³-hybridized carbons (Fsp3) is 0.462. The first-order chi connectivity index (χ1) is 8.72. The second-order valence-electron chi connectivity index (χ2n) is 4.22. The average Bonchev–Trinajstić information content (AvgIpc) is 2.39. The quantitative estimate of drug-likeness (QED) is 0.903. The van der Waals surface area contributed by atoms with Gasteiger partial charge in [-0.2, -0.15) is 0 Å². The molecule has 0 aromatic heterocycles. The number of morpholine rings is 1. The van der Waals surface area contributed by atoms with Gasteiger partial charge in [-0.15, -0.1) is 0 Å². The number of carbonyl (C=O) groups is 1. The summed E-state index contributed by atoms with van der Waals surface area (Å²) in [6.45, 7) is 1.93. The first-order valence-corrected chi connectivity index (χ1v) is 6.43. The highest BCUT2D eigenvalue weighted by Gasteiger charge is 2.29. The third-order valence-electron chi connectivity index (χ3n) is 2.97. The van der Waals surface area contributed by atoms with Gasteiger partial charge in [-0.05, 0) is 44.3 Å². The molecule has 1 aromatic carbocycles. The zero-order valence-corrected chi connectivity index (χ0v) is 11.1. The highest BCUT2D eigenvalue weighted by Crippen LogP contribution is 2.22. The van der Waals surface area contributed by atoms with Crippen molar-refractivity contribution in [3.63, 3.8) is 0 Å². The summed E-state index contributed by atoms with van der Waals surface area (Å²) in [5.41, 5.74) is 0.877. The number of carbonyl (C=O) groups excluding carboxylic acids is 1. The second kappa shape index (κ2) is 6.18. The number of benzene rings is 1.